The minimum Gasteiger partial charge on any atom is -0.469 e. The highest BCUT2D eigenvalue weighted by Crippen LogP contribution is 2.56. The molecular formula is C15H17BrO2. The number of esters is 1. The van der Waals surface area contributed by atoms with E-state index in [0.717, 1.165) is 16.8 Å². The Hall–Kier alpha value is -0.830. The van der Waals surface area contributed by atoms with Crippen molar-refractivity contribution in [2.75, 3.05) is 7.11 Å². The maximum absolute atomic E-state index is 11.4. The Balaban J connectivity index is 1.52. The Bertz CT molecular complexity index is 448. The number of carbonyl (C=O) groups excluding carboxylic acids is 1. The molecule has 0 aliphatic heterocycles. The molecule has 2 fully saturated rings. The number of methoxy groups -OCH3 is 1. The Morgan fingerprint density at radius 1 is 1.22 bits per heavy atom. The summed E-state index contributed by atoms with van der Waals surface area (Å²) in [5, 5.41) is 0. The van der Waals surface area contributed by atoms with Crippen LogP contribution in [0.15, 0.2) is 28.7 Å². The summed E-state index contributed by atoms with van der Waals surface area (Å²) in [5.41, 5.74) is 1.43. The van der Waals surface area contributed by atoms with Crippen LogP contribution in [0.3, 0.4) is 0 Å². The topological polar surface area (TPSA) is 26.3 Å². The molecule has 2 aliphatic carbocycles. The van der Waals surface area contributed by atoms with Gasteiger partial charge in [0.1, 0.15) is 0 Å². The molecule has 18 heavy (non-hydrogen) atoms. The van der Waals surface area contributed by atoms with Crippen molar-refractivity contribution in [3.63, 3.8) is 0 Å². The Morgan fingerprint density at radius 2 is 1.89 bits per heavy atom. The van der Waals surface area contributed by atoms with Crippen LogP contribution in [0.1, 0.15) is 30.7 Å². The summed E-state index contributed by atoms with van der Waals surface area (Å²) in [6, 6.07) is 8.62. The molecule has 0 aromatic heterocycles. The minimum atomic E-state index is -0.00732. The molecule has 2 saturated carbocycles. The number of hydrogen-bond acceptors (Lipinski definition) is 2. The zero-order valence-electron chi connectivity index (χ0n) is 10.4. The Labute approximate surface area is 116 Å². The zero-order chi connectivity index (χ0) is 12.7. The minimum absolute atomic E-state index is 0.00732. The zero-order valence-corrected chi connectivity index (χ0v) is 12.0. The standard InChI is InChI=1S/C15H17BrO2/c1-18-15(17)14-8-13(14)11-6-10(7-11)9-2-4-12(16)5-3-9/h2-5,10-11,13-14H,6-8H2,1H3/t10-,11+,13?,14-/m0/s1. The van der Waals surface area contributed by atoms with E-state index in [0.29, 0.717) is 11.8 Å². The normalized spacial score (nSPS) is 33.7. The monoisotopic (exact) mass is 308 g/mol. The SMILES string of the molecule is COC(=O)[C@H]1CC1[C@H]1C[C@@H](c2ccc(Br)cc2)C1. The third kappa shape index (κ3) is 2.20. The summed E-state index contributed by atoms with van der Waals surface area (Å²) in [7, 11) is 1.49. The molecule has 0 N–H and O–H groups in total. The average Bonchev–Trinajstić information content (AvgIpc) is 3.09. The van der Waals surface area contributed by atoms with Crippen molar-refractivity contribution in [2.24, 2.45) is 17.8 Å². The van der Waals surface area contributed by atoms with E-state index in [-0.39, 0.29) is 11.9 Å². The van der Waals surface area contributed by atoms with E-state index < -0.39 is 0 Å². The van der Waals surface area contributed by atoms with Gasteiger partial charge in [-0.2, -0.15) is 0 Å². The highest BCUT2D eigenvalue weighted by molar-refractivity contribution is 9.10. The molecule has 0 amide bonds. The summed E-state index contributed by atoms with van der Waals surface area (Å²) < 4.78 is 5.94. The smallest absolute Gasteiger partial charge is 0.308 e. The lowest BCUT2D eigenvalue weighted by molar-refractivity contribution is -0.142. The molecule has 0 spiro atoms. The van der Waals surface area contributed by atoms with E-state index in [2.05, 4.69) is 40.2 Å². The number of hydrogen-bond donors (Lipinski definition) is 0. The first-order valence-corrected chi connectivity index (χ1v) is 7.31. The van der Waals surface area contributed by atoms with E-state index in [1.165, 1.54) is 25.5 Å². The second kappa shape index (κ2) is 4.69. The molecule has 96 valence electrons. The van der Waals surface area contributed by atoms with Crippen molar-refractivity contribution >= 4 is 21.9 Å². The van der Waals surface area contributed by atoms with Crippen molar-refractivity contribution in [3.8, 4) is 0 Å². The maximum Gasteiger partial charge on any atom is 0.308 e. The first-order valence-electron chi connectivity index (χ1n) is 6.52. The first kappa shape index (κ1) is 12.2. The van der Waals surface area contributed by atoms with Crippen LogP contribution in [0.25, 0.3) is 0 Å². The molecule has 0 bridgehead atoms. The lowest BCUT2D eigenvalue weighted by atomic mass is 9.69. The highest BCUT2D eigenvalue weighted by Gasteiger charge is 2.52. The van der Waals surface area contributed by atoms with Crippen LogP contribution in [0.5, 0.6) is 0 Å². The average molecular weight is 309 g/mol. The molecule has 0 radical (unpaired) electrons. The van der Waals surface area contributed by atoms with Gasteiger partial charge in [0.15, 0.2) is 0 Å². The number of benzene rings is 1. The van der Waals surface area contributed by atoms with Crippen molar-refractivity contribution in [2.45, 2.75) is 25.2 Å². The summed E-state index contributed by atoms with van der Waals surface area (Å²) >= 11 is 3.46. The molecule has 1 aromatic rings. The molecule has 1 unspecified atom stereocenters. The van der Waals surface area contributed by atoms with Crippen LogP contribution in [-0.2, 0) is 9.53 Å². The lowest BCUT2D eigenvalue weighted by Gasteiger charge is -2.36. The highest BCUT2D eigenvalue weighted by atomic mass is 79.9. The van der Waals surface area contributed by atoms with Crippen LogP contribution >= 0.6 is 15.9 Å². The summed E-state index contributed by atoms with van der Waals surface area (Å²) in [5.74, 6) is 2.23. The molecule has 2 aliphatic rings. The van der Waals surface area contributed by atoms with Crippen molar-refractivity contribution in [1.29, 1.82) is 0 Å². The first-order chi connectivity index (χ1) is 8.69. The van der Waals surface area contributed by atoms with Gasteiger partial charge in [0.05, 0.1) is 13.0 Å². The van der Waals surface area contributed by atoms with Gasteiger partial charge in [-0.1, -0.05) is 28.1 Å². The van der Waals surface area contributed by atoms with E-state index in [4.69, 9.17) is 4.74 Å². The van der Waals surface area contributed by atoms with Crippen molar-refractivity contribution in [1.82, 2.24) is 0 Å². The summed E-state index contributed by atoms with van der Waals surface area (Å²) in [4.78, 5) is 11.4. The van der Waals surface area contributed by atoms with Crippen LogP contribution in [0.2, 0.25) is 0 Å². The largest absolute Gasteiger partial charge is 0.469 e. The molecule has 2 nitrogen and oxygen atoms in total. The number of rotatable bonds is 3. The van der Waals surface area contributed by atoms with E-state index in [9.17, 15) is 4.79 Å². The predicted octanol–water partition coefficient (Wildman–Crippen LogP) is 3.75. The van der Waals surface area contributed by atoms with Gasteiger partial charge in [0.25, 0.3) is 0 Å². The summed E-state index contributed by atoms with van der Waals surface area (Å²) in [6.07, 6.45) is 3.52. The number of ether oxygens (including phenoxy) is 1. The second-order valence-corrected chi connectivity index (χ2v) is 6.42. The van der Waals surface area contributed by atoms with E-state index >= 15 is 0 Å². The van der Waals surface area contributed by atoms with E-state index in [1.807, 2.05) is 0 Å². The van der Waals surface area contributed by atoms with Gasteiger partial charge in [-0.05, 0) is 54.7 Å². The molecule has 2 atom stereocenters. The molecule has 3 rings (SSSR count). The molecule has 0 saturated heterocycles. The molecule has 0 heterocycles. The molecule has 3 heteroatoms. The van der Waals surface area contributed by atoms with Gasteiger partial charge in [-0.15, -0.1) is 0 Å². The van der Waals surface area contributed by atoms with Crippen molar-refractivity contribution in [3.05, 3.63) is 34.3 Å². The predicted molar refractivity (Wildman–Crippen MR) is 73.2 cm³/mol. The number of halogens is 1. The van der Waals surface area contributed by atoms with Gasteiger partial charge in [-0.25, -0.2) is 0 Å². The van der Waals surface area contributed by atoms with Crippen molar-refractivity contribution < 1.29 is 9.53 Å². The van der Waals surface area contributed by atoms with Crippen LogP contribution in [-0.4, -0.2) is 13.1 Å². The molecule has 1 aromatic carbocycles. The summed E-state index contributed by atoms with van der Waals surface area (Å²) in [6.45, 7) is 0. The maximum atomic E-state index is 11.4. The Kier molecular flexibility index (Phi) is 3.18. The van der Waals surface area contributed by atoms with Gasteiger partial charge in [0, 0.05) is 4.47 Å². The van der Waals surface area contributed by atoms with Crippen LogP contribution < -0.4 is 0 Å². The fraction of sp³-hybridized carbons (Fsp3) is 0.533. The van der Waals surface area contributed by atoms with Crippen LogP contribution in [0, 0.1) is 17.8 Å². The van der Waals surface area contributed by atoms with E-state index in [1.54, 1.807) is 0 Å². The fourth-order valence-corrected chi connectivity index (χ4v) is 3.44. The second-order valence-electron chi connectivity index (χ2n) is 5.51. The third-order valence-corrected chi connectivity index (χ3v) is 4.99. The molecular weight excluding hydrogens is 292 g/mol. The van der Waals surface area contributed by atoms with Crippen LogP contribution in [0.4, 0.5) is 0 Å². The fourth-order valence-electron chi connectivity index (χ4n) is 3.18. The van der Waals surface area contributed by atoms with Gasteiger partial charge >= 0.3 is 5.97 Å². The Morgan fingerprint density at radius 3 is 2.50 bits per heavy atom. The number of carbonyl (C=O) groups is 1. The quantitative estimate of drug-likeness (QED) is 0.795. The lowest BCUT2D eigenvalue weighted by Crippen LogP contribution is -2.25. The van der Waals surface area contributed by atoms with Gasteiger partial charge in [-0.3, -0.25) is 4.79 Å². The third-order valence-electron chi connectivity index (χ3n) is 4.47. The van der Waals surface area contributed by atoms with Gasteiger partial charge in [0.2, 0.25) is 0 Å². The van der Waals surface area contributed by atoms with Gasteiger partial charge < -0.3 is 4.74 Å².